The summed E-state index contributed by atoms with van der Waals surface area (Å²) in [5.74, 6) is 0.217. The number of hydrogen-bond acceptors (Lipinski definition) is 6. The van der Waals surface area contributed by atoms with Crippen molar-refractivity contribution in [2.45, 2.75) is 13.3 Å². The van der Waals surface area contributed by atoms with E-state index in [1.165, 1.54) is 11.3 Å². The average Bonchev–Trinajstić information content (AvgIpc) is 3.13. The molecule has 0 saturated heterocycles. The quantitative estimate of drug-likeness (QED) is 0.409. The number of halogens is 2. The number of ether oxygens (including phenoxy) is 1. The van der Waals surface area contributed by atoms with Gasteiger partial charge in [0.1, 0.15) is 12.4 Å². The van der Waals surface area contributed by atoms with Gasteiger partial charge in [0.25, 0.3) is 5.91 Å². The second kappa shape index (κ2) is 10.6. The van der Waals surface area contributed by atoms with Crippen molar-refractivity contribution in [1.82, 2.24) is 4.98 Å². The maximum Gasteiger partial charge on any atom is 0.257 e. The Hall–Kier alpha value is -2.32. The van der Waals surface area contributed by atoms with E-state index in [0.717, 1.165) is 16.1 Å². The van der Waals surface area contributed by atoms with E-state index in [9.17, 15) is 4.79 Å². The fourth-order valence-electron chi connectivity index (χ4n) is 2.81. The fraction of sp³-hybridized carbons (Fsp3) is 0.238. The number of nitrogens with one attached hydrogen (secondary N) is 2. The topological polar surface area (TPSA) is 83.5 Å². The first-order valence-corrected chi connectivity index (χ1v) is 10.9. The van der Waals surface area contributed by atoms with Crippen LogP contribution in [0.1, 0.15) is 27.7 Å². The molecule has 0 aliphatic heterocycles. The van der Waals surface area contributed by atoms with E-state index in [1.54, 1.807) is 30.5 Å². The molecule has 3 N–H and O–H groups in total. The Morgan fingerprint density at radius 3 is 2.67 bits per heavy atom. The lowest BCUT2D eigenvalue weighted by atomic mass is 10.1. The van der Waals surface area contributed by atoms with Gasteiger partial charge in [0.2, 0.25) is 0 Å². The molecule has 0 unspecified atom stereocenters. The second-order valence-electron chi connectivity index (χ2n) is 6.35. The van der Waals surface area contributed by atoms with E-state index in [-0.39, 0.29) is 19.1 Å². The van der Waals surface area contributed by atoms with Crippen molar-refractivity contribution in [2.24, 2.45) is 0 Å². The number of anilines is 2. The molecule has 2 aromatic carbocycles. The first-order chi connectivity index (χ1) is 14.5. The molecule has 3 aromatic rings. The van der Waals surface area contributed by atoms with Gasteiger partial charge in [-0.25, -0.2) is 4.98 Å². The molecule has 3 rings (SSSR count). The van der Waals surface area contributed by atoms with Gasteiger partial charge in [-0.3, -0.25) is 10.1 Å². The third-order valence-corrected chi connectivity index (χ3v) is 5.38. The molecule has 1 amide bonds. The van der Waals surface area contributed by atoms with E-state index in [1.807, 2.05) is 19.1 Å². The Morgan fingerprint density at radius 2 is 1.97 bits per heavy atom. The van der Waals surface area contributed by atoms with Crippen molar-refractivity contribution in [3.05, 3.63) is 68.6 Å². The third-order valence-electron chi connectivity index (χ3n) is 4.03. The van der Waals surface area contributed by atoms with E-state index >= 15 is 0 Å². The molecule has 0 spiro atoms. The van der Waals surface area contributed by atoms with Crippen LogP contribution in [0.4, 0.5) is 10.8 Å². The van der Waals surface area contributed by atoms with Gasteiger partial charge in [-0.2, -0.15) is 0 Å². The van der Waals surface area contributed by atoms with Gasteiger partial charge in [0.05, 0.1) is 12.3 Å². The van der Waals surface area contributed by atoms with Gasteiger partial charge >= 0.3 is 0 Å². The SMILES string of the molecule is CCNc1ccc(C(=O)Nc2ncc(Cc3cc(Cl)cc(Cl)c3)s2)cc1OCCO. The first kappa shape index (κ1) is 22.4. The molecule has 1 heterocycles. The first-order valence-electron chi connectivity index (χ1n) is 9.31. The molecule has 158 valence electrons. The van der Waals surface area contributed by atoms with Crippen LogP contribution in [0, 0.1) is 0 Å². The van der Waals surface area contributed by atoms with Crippen molar-refractivity contribution in [2.75, 3.05) is 30.4 Å². The van der Waals surface area contributed by atoms with Gasteiger partial charge in [0.15, 0.2) is 5.13 Å². The molecule has 0 aliphatic carbocycles. The van der Waals surface area contributed by atoms with Crippen molar-refractivity contribution < 1.29 is 14.6 Å². The number of rotatable bonds is 9. The summed E-state index contributed by atoms with van der Waals surface area (Å²) in [6, 6.07) is 10.5. The zero-order chi connectivity index (χ0) is 21.5. The zero-order valence-electron chi connectivity index (χ0n) is 16.2. The van der Waals surface area contributed by atoms with E-state index in [0.29, 0.717) is 39.5 Å². The molecule has 6 nitrogen and oxygen atoms in total. The predicted molar refractivity (Wildman–Crippen MR) is 123 cm³/mol. The minimum Gasteiger partial charge on any atom is -0.489 e. The summed E-state index contributed by atoms with van der Waals surface area (Å²) < 4.78 is 5.54. The van der Waals surface area contributed by atoms with E-state index in [4.69, 9.17) is 33.0 Å². The molecule has 30 heavy (non-hydrogen) atoms. The molecule has 0 fully saturated rings. The van der Waals surface area contributed by atoms with Crippen LogP contribution < -0.4 is 15.4 Å². The lowest BCUT2D eigenvalue weighted by Gasteiger charge is -2.13. The number of carbonyl (C=O) groups excluding carboxylic acids is 1. The molecule has 0 aliphatic rings. The van der Waals surface area contributed by atoms with Crippen LogP contribution in [-0.4, -0.2) is 35.8 Å². The Labute approximate surface area is 188 Å². The van der Waals surface area contributed by atoms with Crippen LogP contribution in [-0.2, 0) is 6.42 Å². The third kappa shape index (κ3) is 6.09. The number of nitrogens with zero attached hydrogens (tertiary/aromatic N) is 1. The van der Waals surface area contributed by atoms with E-state index < -0.39 is 0 Å². The highest BCUT2D eigenvalue weighted by Gasteiger charge is 2.13. The lowest BCUT2D eigenvalue weighted by Crippen LogP contribution is -2.13. The number of benzene rings is 2. The van der Waals surface area contributed by atoms with Crippen molar-refractivity contribution >= 4 is 51.3 Å². The number of hydrogen-bond donors (Lipinski definition) is 3. The van der Waals surface area contributed by atoms with Crippen LogP contribution in [0.3, 0.4) is 0 Å². The van der Waals surface area contributed by atoms with Crippen LogP contribution in [0.25, 0.3) is 0 Å². The van der Waals surface area contributed by atoms with Crippen molar-refractivity contribution in [3.63, 3.8) is 0 Å². The minimum atomic E-state index is -0.293. The number of thiazole rings is 1. The van der Waals surface area contributed by atoms with Crippen LogP contribution in [0.5, 0.6) is 5.75 Å². The highest BCUT2D eigenvalue weighted by molar-refractivity contribution is 7.15. The summed E-state index contributed by atoms with van der Waals surface area (Å²) in [6.07, 6.45) is 2.34. The largest absolute Gasteiger partial charge is 0.489 e. The Morgan fingerprint density at radius 1 is 1.20 bits per heavy atom. The van der Waals surface area contributed by atoms with Crippen molar-refractivity contribution in [3.8, 4) is 5.75 Å². The predicted octanol–water partition coefficient (Wildman–Crippen LogP) is 5.10. The molecular weight excluding hydrogens is 445 g/mol. The summed E-state index contributed by atoms with van der Waals surface area (Å²) in [6.45, 7) is 2.71. The van der Waals surface area contributed by atoms with Crippen molar-refractivity contribution in [1.29, 1.82) is 0 Å². The Bertz CT molecular complexity index is 1010. The number of amides is 1. The maximum absolute atomic E-state index is 12.7. The van der Waals surface area contributed by atoms with Crippen LogP contribution in [0.2, 0.25) is 10.0 Å². The van der Waals surface area contributed by atoms with Gasteiger partial charge in [-0.05, 0) is 48.9 Å². The number of aliphatic hydroxyl groups is 1. The molecule has 0 atom stereocenters. The monoisotopic (exact) mass is 465 g/mol. The molecule has 0 saturated carbocycles. The smallest absolute Gasteiger partial charge is 0.257 e. The number of aromatic nitrogens is 1. The van der Waals surface area contributed by atoms with Gasteiger partial charge in [0, 0.05) is 39.6 Å². The van der Waals surface area contributed by atoms with Crippen LogP contribution >= 0.6 is 34.5 Å². The molecule has 1 aromatic heterocycles. The summed E-state index contributed by atoms with van der Waals surface area (Å²) in [4.78, 5) is 17.9. The zero-order valence-corrected chi connectivity index (χ0v) is 18.6. The Balaban J connectivity index is 1.70. The van der Waals surface area contributed by atoms with E-state index in [2.05, 4.69) is 15.6 Å². The normalized spacial score (nSPS) is 10.7. The lowest BCUT2D eigenvalue weighted by molar-refractivity contribution is 0.102. The van der Waals surface area contributed by atoms with Gasteiger partial charge in [-0.1, -0.05) is 23.2 Å². The summed E-state index contributed by atoms with van der Waals surface area (Å²) in [5.41, 5.74) is 2.17. The summed E-state index contributed by atoms with van der Waals surface area (Å²) in [7, 11) is 0. The molecule has 9 heteroatoms. The number of aliphatic hydroxyl groups excluding tert-OH is 1. The minimum absolute atomic E-state index is 0.109. The molecule has 0 bridgehead atoms. The second-order valence-corrected chi connectivity index (χ2v) is 8.34. The highest BCUT2D eigenvalue weighted by Crippen LogP contribution is 2.28. The number of carbonyl (C=O) groups is 1. The average molecular weight is 466 g/mol. The standard InChI is InChI=1S/C21H21Cl2N3O3S/c1-2-24-18-4-3-14(10-19(18)29-6-5-27)20(28)26-21-25-12-17(30-21)9-13-7-15(22)11-16(23)8-13/h3-4,7-8,10-12,24,27H,2,5-6,9H2,1H3,(H,25,26,28). The van der Waals surface area contributed by atoms with Gasteiger partial charge < -0.3 is 15.2 Å². The van der Waals surface area contributed by atoms with Crippen LogP contribution in [0.15, 0.2) is 42.6 Å². The molecule has 0 radical (unpaired) electrons. The highest BCUT2D eigenvalue weighted by atomic mass is 35.5. The Kier molecular flexibility index (Phi) is 7.93. The fourth-order valence-corrected chi connectivity index (χ4v) is 4.22. The summed E-state index contributed by atoms with van der Waals surface area (Å²) in [5, 5.41) is 16.7. The van der Waals surface area contributed by atoms with Gasteiger partial charge in [-0.15, -0.1) is 11.3 Å². The molecular formula is C21H21Cl2N3O3S. The maximum atomic E-state index is 12.7. The summed E-state index contributed by atoms with van der Waals surface area (Å²) >= 11 is 13.5.